The molecule has 0 aromatic carbocycles. The molecule has 0 saturated carbocycles. The minimum atomic E-state index is -0.0772. The van der Waals surface area contributed by atoms with E-state index in [2.05, 4.69) is 25.5 Å². The lowest BCUT2D eigenvalue weighted by Gasteiger charge is -2.23. The SMILES string of the molecule is CCc1nnc(Nc2cc(C3CCCN3C(=O)C=Cc3ccco3)nc(C)n2)s1. The van der Waals surface area contributed by atoms with E-state index in [0.29, 0.717) is 29.1 Å². The Kier molecular flexibility index (Phi) is 5.66. The van der Waals surface area contributed by atoms with Gasteiger partial charge in [-0.3, -0.25) is 4.79 Å². The number of amides is 1. The Labute approximate surface area is 172 Å². The van der Waals surface area contributed by atoms with Gasteiger partial charge in [0.15, 0.2) is 0 Å². The molecule has 0 spiro atoms. The average molecular weight is 411 g/mol. The van der Waals surface area contributed by atoms with Crippen molar-refractivity contribution in [3.8, 4) is 0 Å². The van der Waals surface area contributed by atoms with Crippen molar-refractivity contribution in [2.24, 2.45) is 0 Å². The van der Waals surface area contributed by atoms with E-state index in [0.717, 1.165) is 30.0 Å². The van der Waals surface area contributed by atoms with Crippen LogP contribution >= 0.6 is 11.3 Å². The molecule has 29 heavy (non-hydrogen) atoms. The van der Waals surface area contributed by atoms with Gasteiger partial charge in [0.1, 0.15) is 22.4 Å². The van der Waals surface area contributed by atoms with Gasteiger partial charge in [0.05, 0.1) is 18.0 Å². The molecule has 1 aliphatic rings. The smallest absolute Gasteiger partial charge is 0.247 e. The number of furan rings is 1. The molecule has 1 aliphatic heterocycles. The highest BCUT2D eigenvalue weighted by Gasteiger charge is 2.30. The van der Waals surface area contributed by atoms with Crippen molar-refractivity contribution < 1.29 is 9.21 Å². The second-order valence-electron chi connectivity index (χ2n) is 6.74. The number of carbonyl (C=O) groups excluding carboxylic acids is 1. The van der Waals surface area contributed by atoms with Crippen molar-refractivity contribution >= 4 is 34.3 Å². The summed E-state index contributed by atoms with van der Waals surface area (Å²) in [4.78, 5) is 23.7. The van der Waals surface area contributed by atoms with Crippen molar-refractivity contribution in [2.45, 2.75) is 39.2 Å². The summed E-state index contributed by atoms with van der Waals surface area (Å²) in [6, 6.07) is 5.43. The maximum absolute atomic E-state index is 12.7. The highest BCUT2D eigenvalue weighted by molar-refractivity contribution is 7.15. The van der Waals surface area contributed by atoms with E-state index in [-0.39, 0.29) is 11.9 Å². The fourth-order valence-electron chi connectivity index (χ4n) is 3.36. The Balaban J connectivity index is 1.53. The number of nitrogens with one attached hydrogen (secondary N) is 1. The van der Waals surface area contributed by atoms with Gasteiger partial charge in [-0.05, 0) is 44.4 Å². The maximum atomic E-state index is 12.7. The second-order valence-corrected chi connectivity index (χ2v) is 7.81. The molecule has 1 atom stereocenters. The van der Waals surface area contributed by atoms with E-state index in [1.165, 1.54) is 11.3 Å². The molecular weight excluding hydrogens is 388 g/mol. The first-order valence-corrected chi connectivity index (χ1v) is 10.4. The zero-order chi connectivity index (χ0) is 20.2. The number of aromatic nitrogens is 4. The van der Waals surface area contributed by atoms with E-state index in [4.69, 9.17) is 4.42 Å². The summed E-state index contributed by atoms with van der Waals surface area (Å²) in [5, 5.41) is 13.2. The molecule has 1 amide bonds. The van der Waals surface area contributed by atoms with Crippen molar-refractivity contribution in [2.75, 3.05) is 11.9 Å². The van der Waals surface area contributed by atoms with Crippen LogP contribution in [0.2, 0.25) is 0 Å². The maximum Gasteiger partial charge on any atom is 0.247 e. The summed E-state index contributed by atoms with van der Waals surface area (Å²) in [5.41, 5.74) is 0.831. The van der Waals surface area contributed by atoms with E-state index in [1.54, 1.807) is 24.5 Å². The summed E-state index contributed by atoms with van der Waals surface area (Å²) >= 11 is 1.51. The normalized spacial score (nSPS) is 16.6. The Hall–Kier alpha value is -3.07. The molecule has 3 aromatic heterocycles. The molecule has 8 nitrogen and oxygen atoms in total. The fraction of sp³-hybridized carbons (Fsp3) is 0.350. The number of carbonyl (C=O) groups is 1. The van der Waals surface area contributed by atoms with Crippen molar-refractivity contribution in [3.63, 3.8) is 0 Å². The topological polar surface area (TPSA) is 97.0 Å². The molecule has 4 rings (SSSR count). The summed E-state index contributed by atoms with van der Waals surface area (Å²) in [6.07, 6.45) is 7.48. The van der Waals surface area contributed by atoms with E-state index in [1.807, 2.05) is 30.9 Å². The molecule has 3 aromatic rings. The number of hydrogen-bond acceptors (Lipinski definition) is 8. The summed E-state index contributed by atoms with van der Waals surface area (Å²) in [7, 11) is 0. The summed E-state index contributed by atoms with van der Waals surface area (Å²) in [5.74, 6) is 1.92. The summed E-state index contributed by atoms with van der Waals surface area (Å²) in [6.45, 7) is 4.60. The van der Waals surface area contributed by atoms with Crippen LogP contribution in [0.3, 0.4) is 0 Å². The van der Waals surface area contributed by atoms with Crippen molar-refractivity contribution in [1.82, 2.24) is 25.1 Å². The number of likely N-dealkylation sites (tertiary alicyclic amines) is 1. The van der Waals surface area contributed by atoms with Crippen LogP contribution in [0.4, 0.5) is 10.9 Å². The molecule has 150 valence electrons. The Bertz CT molecular complexity index is 1010. The minimum Gasteiger partial charge on any atom is -0.465 e. The average Bonchev–Trinajstić information content (AvgIpc) is 3.46. The number of nitrogens with zero attached hydrogens (tertiary/aromatic N) is 5. The van der Waals surface area contributed by atoms with Gasteiger partial charge in [-0.15, -0.1) is 10.2 Å². The van der Waals surface area contributed by atoms with Crippen LogP contribution in [0, 0.1) is 6.92 Å². The highest BCUT2D eigenvalue weighted by atomic mass is 32.1. The highest BCUT2D eigenvalue weighted by Crippen LogP contribution is 2.32. The zero-order valence-electron chi connectivity index (χ0n) is 16.3. The van der Waals surface area contributed by atoms with Crippen LogP contribution in [-0.4, -0.2) is 37.5 Å². The Morgan fingerprint density at radius 3 is 3.07 bits per heavy atom. The predicted octanol–water partition coefficient (Wildman–Crippen LogP) is 3.91. The number of aryl methyl sites for hydroxylation is 2. The molecule has 4 heterocycles. The largest absolute Gasteiger partial charge is 0.465 e. The number of hydrogen-bond donors (Lipinski definition) is 1. The standard InChI is InChI=1S/C20H22N6O2S/c1-3-18-24-25-20(29-18)23-17-12-15(21-13(2)22-17)16-7-4-10-26(16)19(27)9-8-14-6-5-11-28-14/h5-6,8-9,11-12,16H,3-4,7,10H2,1-2H3,(H,21,22,23,25). The van der Waals surface area contributed by atoms with Gasteiger partial charge >= 0.3 is 0 Å². The zero-order valence-corrected chi connectivity index (χ0v) is 17.1. The van der Waals surface area contributed by atoms with E-state index in [9.17, 15) is 4.79 Å². The van der Waals surface area contributed by atoms with Gasteiger partial charge in [-0.1, -0.05) is 18.3 Å². The van der Waals surface area contributed by atoms with Gasteiger partial charge in [0, 0.05) is 18.7 Å². The Morgan fingerprint density at radius 2 is 2.31 bits per heavy atom. The first kappa shape index (κ1) is 19.3. The fourth-order valence-corrected chi connectivity index (χ4v) is 4.04. The number of rotatable bonds is 6. The van der Waals surface area contributed by atoms with Gasteiger partial charge in [0.2, 0.25) is 11.0 Å². The third-order valence-electron chi connectivity index (χ3n) is 4.67. The molecular formula is C20H22N6O2S. The lowest BCUT2D eigenvalue weighted by molar-refractivity contribution is -0.126. The van der Waals surface area contributed by atoms with Crippen LogP contribution in [0.25, 0.3) is 6.08 Å². The first-order chi connectivity index (χ1) is 14.1. The lowest BCUT2D eigenvalue weighted by Crippen LogP contribution is -2.29. The molecule has 1 fully saturated rings. The summed E-state index contributed by atoms with van der Waals surface area (Å²) < 4.78 is 5.26. The lowest BCUT2D eigenvalue weighted by atomic mass is 10.1. The van der Waals surface area contributed by atoms with Gasteiger partial charge in [0.25, 0.3) is 0 Å². The number of anilines is 2. The second kappa shape index (κ2) is 8.52. The van der Waals surface area contributed by atoms with Crippen LogP contribution in [0.15, 0.2) is 35.0 Å². The molecule has 0 radical (unpaired) electrons. The van der Waals surface area contributed by atoms with Crippen LogP contribution < -0.4 is 5.32 Å². The molecule has 1 saturated heterocycles. The van der Waals surface area contributed by atoms with Crippen molar-refractivity contribution in [1.29, 1.82) is 0 Å². The van der Waals surface area contributed by atoms with E-state index >= 15 is 0 Å². The monoisotopic (exact) mass is 410 g/mol. The van der Waals surface area contributed by atoms with Gasteiger partial charge in [-0.2, -0.15) is 0 Å². The molecule has 1 unspecified atom stereocenters. The van der Waals surface area contributed by atoms with Crippen LogP contribution in [0.1, 0.15) is 48.1 Å². The van der Waals surface area contributed by atoms with Crippen LogP contribution in [0.5, 0.6) is 0 Å². The van der Waals surface area contributed by atoms with Crippen LogP contribution in [-0.2, 0) is 11.2 Å². The Morgan fingerprint density at radius 1 is 1.41 bits per heavy atom. The van der Waals surface area contributed by atoms with Crippen molar-refractivity contribution in [3.05, 3.63) is 52.8 Å². The molecule has 9 heteroatoms. The van der Waals surface area contributed by atoms with Gasteiger partial charge < -0.3 is 14.6 Å². The minimum absolute atomic E-state index is 0.0496. The molecule has 0 bridgehead atoms. The molecule has 0 aliphatic carbocycles. The third-order valence-corrected chi connectivity index (χ3v) is 5.66. The molecule has 1 N–H and O–H groups in total. The first-order valence-electron chi connectivity index (χ1n) is 9.59. The third kappa shape index (κ3) is 4.51. The van der Waals surface area contributed by atoms with E-state index < -0.39 is 0 Å². The predicted molar refractivity (Wildman–Crippen MR) is 111 cm³/mol. The van der Waals surface area contributed by atoms with Gasteiger partial charge in [-0.25, -0.2) is 9.97 Å². The quantitative estimate of drug-likeness (QED) is 0.615.